The number of methoxy groups -OCH3 is 2. The third-order valence-electron chi connectivity index (χ3n) is 5.05. The first-order valence-electron chi connectivity index (χ1n) is 9.93. The normalized spacial score (nSPS) is 25.6. The summed E-state index contributed by atoms with van der Waals surface area (Å²) in [5, 5.41) is 14.6. The number of aliphatic hydroxyl groups excluding tert-OH is 1. The van der Waals surface area contributed by atoms with Gasteiger partial charge in [0.2, 0.25) is 0 Å². The summed E-state index contributed by atoms with van der Waals surface area (Å²) in [5.41, 5.74) is 10.9. The first-order valence-corrected chi connectivity index (χ1v) is 9.93. The fourth-order valence-electron chi connectivity index (χ4n) is 3.39. The Morgan fingerprint density at radius 1 is 1.03 bits per heavy atom. The van der Waals surface area contributed by atoms with Crippen molar-refractivity contribution in [3.05, 3.63) is 76.2 Å². The highest BCUT2D eigenvalue weighted by Crippen LogP contribution is 2.28. The topological polar surface area (TPSA) is 115 Å². The first-order chi connectivity index (χ1) is 15.2. The van der Waals surface area contributed by atoms with Crippen molar-refractivity contribution in [2.75, 3.05) is 20.8 Å². The zero-order valence-corrected chi connectivity index (χ0v) is 17.5. The van der Waals surface area contributed by atoms with Gasteiger partial charge in [0.1, 0.15) is 24.0 Å². The summed E-state index contributed by atoms with van der Waals surface area (Å²) in [7, 11) is 3.06. The van der Waals surface area contributed by atoms with Crippen LogP contribution in [0.2, 0.25) is 0 Å². The SMILES string of the molecule is COc1ccc(COC[C@H]2O[C@@H](OC)[C@H](N=[N+]=[N-])[C@@H](OCc3ccccc3)[C@@H]2O)cc1. The second-order valence-electron chi connectivity index (χ2n) is 7.09. The number of nitrogens with zero attached hydrogens (tertiary/aromatic N) is 3. The molecule has 31 heavy (non-hydrogen) atoms. The van der Waals surface area contributed by atoms with Crippen LogP contribution in [0.5, 0.6) is 5.75 Å². The van der Waals surface area contributed by atoms with Gasteiger partial charge >= 0.3 is 0 Å². The van der Waals surface area contributed by atoms with E-state index >= 15 is 0 Å². The number of rotatable bonds is 10. The maximum absolute atomic E-state index is 10.9. The molecule has 2 aromatic rings. The zero-order chi connectivity index (χ0) is 22.1. The lowest BCUT2D eigenvalue weighted by Gasteiger charge is -2.42. The van der Waals surface area contributed by atoms with E-state index in [9.17, 15) is 5.11 Å². The van der Waals surface area contributed by atoms with Crippen LogP contribution < -0.4 is 4.74 Å². The molecule has 0 saturated carbocycles. The van der Waals surface area contributed by atoms with E-state index in [0.29, 0.717) is 6.61 Å². The largest absolute Gasteiger partial charge is 0.497 e. The van der Waals surface area contributed by atoms with Crippen molar-refractivity contribution in [3.63, 3.8) is 0 Å². The van der Waals surface area contributed by atoms with Crippen LogP contribution in [-0.4, -0.2) is 56.6 Å². The van der Waals surface area contributed by atoms with Gasteiger partial charge in [0.25, 0.3) is 0 Å². The smallest absolute Gasteiger partial charge is 0.168 e. The van der Waals surface area contributed by atoms with E-state index in [4.69, 9.17) is 29.2 Å². The van der Waals surface area contributed by atoms with Crippen LogP contribution in [0.25, 0.3) is 10.4 Å². The molecule has 1 saturated heterocycles. The molecule has 0 amide bonds. The predicted molar refractivity (Wildman–Crippen MR) is 112 cm³/mol. The summed E-state index contributed by atoms with van der Waals surface area (Å²) in [4.78, 5) is 2.87. The Hall–Kier alpha value is -2.65. The molecule has 1 heterocycles. The van der Waals surface area contributed by atoms with Gasteiger partial charge in [-0.25, -0.2) is 0 Å². The van der Waals surface area contributed by atoms with E-state index in [0.717, 1.165) is 16.9 Å². The maximum Gasteiger partial charge on any atom is 0.168 e. The number of hydrogen-bond acceptors (Lipinski definition) is 7. The summed E-state index contributed by atoms with van der Waals surface area (Å²) < 4.78 is 28.0. The minimum absolute atomic E-state index is 0.112. The van der Waals surface area contributed by atoms with E-state index in [1.54, 1.807) is 7.11 Å². The Bertz CT molecular complexity index is 844. The van der Waals surface area contributed by atoms with Gasteiger partial charge in [-0.1, -0.05) is 47.6 Å². The molecule has 1 aliphatic rings. The molecule has 9 heteroatoms. The molecule has 0 unspecified atom stereocenters. The summed E-state index contributed by atoms with van der Waals surface area (Å²) >= 11 is 0. The lowest BCUT2D eigenvalue weighted by Crippen LogP contribution is -2.59. The zero-order valence-electron chi connectivity index (χ0n) is 17.5. The molecule has 1 N–H and O–H groups in total. The van der Waals surface area contributed by atoms with E-state index in [-0.39, 0.29) is 13.2 Å². The molecule has 1 fully saturated rings. The number of benzene rings is 2. The standard InChI is InChI=1S/C22H27N3O6/c1-27-17-10-8-16(9-11-17)12-29-14-18-20(26)21(19(24-25-23)22(28-2)31-18)30-13-15-6-4-3-5-7-15/h3-11,18-22,26H,12-14H2,1-2H3/t18-,19-,20-,21-,22-/m1/s1. The molecule has 166 valence electrons. The van der Waals surface area contributed by atoms with Crippen LogP contribution in [0, 0.1) is 0 Å². The van der Waals surface area contributed by atoms with Crippen molar-refractivity contribution in [2.45, 2.75) is 43.9 Å². The van der Waals surface area contributed by atoms with Gasteiger partial charge in [-0.3, -0.25) is 0 Å². The molecule has 3 rings (SSSR count). The number of azide groups is 1. The van der Waals surface area contributed by atoms with Crippen molar-refractivity contribution >= 4 is 0 Å². The molecule has 1 aliphatic heterocycles. The van der Waals surface area contributed by atoms with Gasteiger partial charge in [-0.2, -0.15) is 0 Å². The average molecular weight is 429 g/mol. The van der Waals surface area contributed by atoms with Crippen molar-refractivity contribution in [1.29, 1.82) is 0 Å². The van der Waals surface area contributed by atoms with Crippen LogP contribution in [0.4, 0.5) is 0 Å². The monoisotopic (exact) mass is 429 g/mol. The molecule has 0 spiro atoms. The maximum atomic E-state index is 10.9. The fourth-order valence-corrected chi connectivity index (χ4v) is 3.39. The van der Waals surface area contributed by atoms with Gasteiger partial charge in [-0.15, -0.1) is 0 Å². The Morgan fingerprint density at radius 2 is 1.74 bits per heavy atom. The average Bonchev–Trinajstić information content (AvgIpc) is 2.81. The quantitative estimate of drug-likeness (QED) is 0.352. The minimum Gasteiger partial charge on any atom is -0.497 e. The molecular weight excluding hydrogens is 402 g/mol. The van der Waals surface area contributed by atoms with Crippen molar-refractivity contribution in [2.24, 2.45) is 5.11 Å². The van der Waals surface area contributed by atoms with Crippen LogP contribution in [0.1, 0.15) is 11.1 Å². The summed E-state index contributed by atoms with van der Waals surface area (Å²) in [5.74, 6) is 0.764. The Kier molecular flexibility index (Phi) is 8.66. The molecule has 0 radical (unpaired) electrons. The van der Waals surface area contributed by atoms with E-state index < -0.39 is 30.6 Å². The summed E-state index contributed by atoms with van der Waals surface area (Å²) in [6.07, 6.45) is -3.46. The Labute approximate surface area is 181 Å². The number of aliphatic hydroxyl groups is 1. The van der Waals surface area contributed by atoms with Crippen LogP contribution in [-0.2, 0) is 32.2 Å². The van der Waals surface area contributed by atoms with Crippen molar-refractivity contribution < 1.29 is 28.8 Å². The van der Waals surface area contributed by atoms with Crippen molar-refractivity contribution in [1.82, 2.24) is 0 Å². The lowest BCUT2D eigenvalue weighted by atomic mass is 9.97. The Balaban J connectivity index is 1.64. The van der Waals surface area contributed by atoms with E-state index in [2.05, 4.69) is 10.0 Å². The van der Waals surface area contributed by atoms with Gasteiger partial charge in [0.15, 0.2) is 6.29 Å². The first kappa shape index (κ1) is 23.0. The van der Waals surface area contributed by atoms with E-state index in [1.165, 1.54) is 7.11 Å². The third kappa shape index (κ3) is 6.18. The van der Waals surface area contributed by atoms with Gasteiger partial charge in [0, 0.05) is 12.0 Å². The summed E-state index contributed by atoms with van der Waals surface area (Å²) in [6, 6.07) is 16.2. The lowest BCUT2D eigenvalue weighted by molar-refractivity contribution is -0.270. The van der Waals surface area contributed by atoms with Crippen molar-refractivity contribution in [3.8, 4) is 5.75 Å². The van der Waals surface area contributed by atoms with Crippen LogP contribution >= 0.6 is 0 Å². The highest BCUT2D eigenvalue weighted by Gasteiger charge is 2.46. The predicted octanol–water partition coefficient (Wildman–Crippen LogP) is 3.21. The molecule has 5 atom stereocenters. The van der Waals surface area contributed by atoms with E-state index in [1.807, 2.05) is 54.6 Å². The van der Waals surface area contributed by atoms with Gasteiger partial charge < -0.3 is 28.8 Å². The molecule has 9 nitrogen and oxygen atoms in total. The molecule has 0 aromatic heterocycles. The van der Waals surface area contributed by atoms with Crippen LogP contribution in [0.3, 0.4) is 0 Å². The molecule has 0 aliphatic carbocycles. The molecule has 2 aromatic carbocycles. The number of ether oxygens (including phenoxy) is 5. The van der Waals surface area contributed by atoms with Gasteiger partial charge in [0.05, 0.1) is 33.0 Å². The highest BCUT2D eigenvalue weighted by molar-refractivity contribution is 5.26. The van der Waals surface area contributed by atoms with Crippen LogP contribution in [0.15, 0.2) is 59.7 Å². The minimum atomic E-state index is -1.07. The summed E-state index contributed by atoms with van der Waals surface area (Å²) in [6.45, 7) is 0.695. The second kappa shape index (κ2) is 11.7. The number of hydrogen-bond donors (Lipinski definition) is 1. The highest BCUT2D eigenvalue weighted by atomic mass is 16.7. The fraction of sp³-hybridized carbons (Fsp3) is 0.455. The second-order valence-corrected chi connectivity index (χ2v) is 7.09. The molecular formula is C22H27N3O6. The Morgan fingerprint density at radius 3 is 2.39 bits per heavy atom. The molecule has 0 bridgehead atoms. The third-order valence-corrected chi connectivity index (χ3v) is 5.05. The van der Waals surface area contributed by atoms with Gasteiger partial charge in [-0.05, 0) is 28.8 Å².